The molecule has 4 heteroatoms. The van der Waals surface area contributed by atoms with Crippen molar-refractivity contribution in [2.45, 2.75) is 25.7 Å². The van der Waals surface area contributed by atoms with Crippen LogP contribution >= 0.6 is 0 Å². The van der Waals surface area contributed by atoms with Gasteiger partial charge in [-0.05, 0) is 37.5 Å². The van der Waals surface area contributed by atoms with Gasteiger partial charge >= 0.3 is 0 Å². The van der Waals surface area contributed by atoms with Gasteiger partial charge in [0, 0.05) is 17.4 Å². The maximum Gasteiger partial charge on any atom is 0.249 e. The maximum atomic E-state index is 11.8. The number of aromatic nitrogens is 3. The van der Waals surface area contributed by atoms with Crippen molar-refractivity contribution in [3.8, 4) is 5.69 Å². The molecule has 3 aromatic rings. The first-order valence-electron chi connectivity index (χ1n) is 6.92. The van der Waals surface area contributed by atoms with Crippen LogP contribution in [0, 0.1) is 6.92 Å². The van der Waals surface area contributed by atoms with E-state index in [4.69, 9.17) is 5.10 Å². The summed E-state index contributed by atoms with van der Waals surface area (Å²) < 4.78 is 1.86. The lowest BCUT2D eigenvalue weighted by Crippen LogP contribution is -2.07. The number of hydrogen-bond donors (Lipinski definition) is 1. The molecule has 4 rings (SSSR count). The minimum atomic E-state index is -0.0746. The minimum absolute atomic E-state index is 0.0746. The molecular formula is C16H15N3O. The van der Waals surface area contributed by atoms with Gasteiger partial charge in [0.2, 0.25) is 5.56 Å². The van der Waals surface area contributed by atoms with Gasteiger partial charge in [-0.15, -0.1) is 0 Å². The van der Waals surface area contributed by atoms with E-state index in [1.165, 1.54) is 12.8 Å². The molecule has 1 N–H and O–H groups in total. The molecule has 100 valence electrons. The number of aromatic amines is 1. The van der Waals surface area contributed by atoms with Crippen molar-refractivity contribution >= 4 is 11.0 Å². The number of pyridine rings is 1. The van der Waals surface area contributed by atoms with Gasteiger partial charge < -0.3 is 4.98 Å². The standard InChI is InChI=1S/C16H15N3O/c1-10-9-13(20)17-16-14(10)15(11-7-8-11)18-19(16)12-5-3-2-4-6-12/h2-6,9,11H,7-8H2,1H3,(H,17,20). The minimum Gasteiger partial charge on any atom is -0.306 e. The summed E-state index contributed by atoms with van der Waals surface area (Å²) >= 11 is 0. The zero-order valence-corrected chi connectivity index (χ0v) is 11.3. The fourth-order valence-corrected chi connectivity index (χ4v) is 2.76. The van der Waals surface area contributed by atoms with Gasteiger partial charge in [-0.25, -0.2) is 4.68 Å². The highest BCUT2D eigenvalue weighted by molar-refractivity contribution is 5.84. The average molecular weight is 265 g/mol. The molecule has 1 saturated carbocycles. The topological polar surface area (TPSA) is 50.7 Å². The van der Waals surface area contributed by atoms with E-state index in [2.05, 4.69) is 4.98 Å². The van der Waals surface area contributed by atoms with Crippen molar-refractivity contribution in [1.29, 1.82) is 0 Å². The van der Waals surface area contributed by atoms with Crippen LogP contribution in [0.5, 0.6) is 0 Å². The Morgan fingerprint density at radius 1 is 1.25 bits per heavy atom. The number of H-pyrrole nitrogens is 1. The summed E-state index contributed by atoms with van der Waals surface area (Å²) in [5.41, 5.74) is 3.84. The third-order valence-electron chi connectivity index (χ3n) is 3.86. The van der Waals surface area contributed by atoms with E-state index >= 15 is 0 Å². The number of para-hydroxylation sites is 1. The SMILES string of the molecule is Cc1cc(=O)[nH]c2c1c(C1CC1)nn2-c1ccccc1. The Bertz CT molecular complexity index is 841. The summed E-state index contributed by atoms with van der Waals surface area (Å²) in [5, 5.41) is 5.88. The first kappa shape index (κ1) is 11.5. The van der Waals surface area contributed by atoms with E-state index in [1.54, 1.807) is 6.07 Å². The lowest BCUT2D eigenvalue weighted by Gasteiger charge is -2.02. The first-order valence-corrected chi connectivity index (χ1v) is 6.92. The lowest BCUT2D eigenvalue weighted by atomic mass is 10.1. The normalized spacial score (nSPS) is 14.8. The van der Waals surface area contributed by atoms with Gasteiger partial charge in [0.1, 0.15) is 5.65 Å². The number of nitrogens with zero attached hydrogens (tertiary/aromatic N) is 2. The van der Waals surface area contributed by atoms with Crippen molar-refractivity contribution in [3.63, 3.8) is 0 Å². The van der Waals surface area contributed by atoms with Gasteiger partial charge in [-0.3, -0.25) is 4.79 Å². The van der Waals surface area contributed by atoms with E-state index in [-0.39, 0.29) is 5.56 Å². The zero-order chi connectivity index (χ0) is 13.7. The largest absolute Gasteiger partial charge is 0.306 e. The molecule has 1 fully saturated rings. The van der Waals surface area contributed by atoms with Crippen LogP contribution in [-0.4, -0.2) is 14.8 Å². The lowest BCUT2D eigenvalue weighted by molar-refractivity contribution is 0.849. The number of rotatable bonds is 2. The Hall–Kier alpha value is -2.36. The number of fused-ring (bicyclic) bond motifs is 1. The third kappa shape index (κ3) is 1.68. The number of benzene rings is 1. The van der Waals surface area contributed by atoms with E-state index < -0.39 is 0 Å². The number of hydrogen-bond acceptors (Lipinski definition) is 2. The van der Waals surface area contributed by atoms with Crippen molar-refractivity contribution in [2.24, 2.45) is 0 Å². The molecule has 0 spiro atoms. The van der Waals surface area contributed by atoms with Crippen LogP contribution in [0.2, 0.25) is 0 Å². The highest BCUT2D eigenvalue weighted by atomic mass is 16.1. The second-order valence-electron chi connectivity index (χ2n) is 5.45. The highest BCUT2D eigenvalue weighted by Gasteiger charge is 2.30. The van der Waals surface area contributed by atoms with Gasteiger partial charge in [0.25, 0.3) is 0 Å². The first-order chi connectivity index (χ1) is 9.74. The molecule has 0 unspecified atom stereocenters. The summed E-state index contributed by atoms with van der Waals surface area (Å²) in [6, 6.07) is 11.6. The van der Waals surface area contributed by atoms with Crippen molar-refractivity contribution in [1.82, 2.24) is 14.8 Å². The van der Waals surface area contributed by atoms with E-state index in [0.29, 0.717) is 5.92 Å². The monoisotopic (exact) mass is 265 g/mol. The Labute approximate surface area is 116 Å². The van der Waals surface area contributed by atoms with Gasteiger partial charge in [-0.2, -0.15) is 5.10 Å². The molecule has 0 atom stereocenters. The fourth-order valence-electron chi connectivity index (χ4n) is 2.76. The molecule has 0 amide bonds. The quantitative estimate of drug-likeness (QED) is 0.774. The smallest absolute Gasteiger partial charge is 0.249 e. The van der Waals surface area contributed by atoms with E-state index in [0.717, 1.165) is 28.0 Å². The van der Waals surface area contributed by atoms with Crippen LogP contribution in [0.25, 0.3) is 16.7 Å². The summed E-state index contributed by atoms with van der Waals surface area (Å²) in [5.74, 6) is 0.548. The molecule has 1 aliphatic rings. The summed E-state index contributed by atoms with van der Waals surface area (Å²) in [6.07, 6.45) is 2.39. The molecule has 0 radical (unpaired) electrons. The summed E-state index contributed by atoms with van der Waals surface area (Å²) in [6.45, 7) is 1.99. The van der Waals surface area contributed by atoms with Crippen LogP contribution in [0.15, 0.2) is 41.2 Å². The van der Waals surface area contributed by atoms with Crippen LogP contribution in [0.3, 0.4) is 0 Å². The van der Waals surface area contributed by atoms with Crippen molar-refractivity contribution < 1.29 is 0 Å². The predicted octanol–water partition coefficient (Wildman–Crippen LogP) is 2.90. The van der Waals surface area contributed by atoms with Crippen molar-refractivity contribution in [3.05, 3.63) is 58.0 Å². The van der Waals surface area contributed by atoms with E-state index in [9.17, 15) is 4.79 Å². The fraction of sp³-hybridized carbons (Fsp3) is 0.250. The molecule has 0 aliphatic heterocycles. The Morgan fingerprint density at radius 2 is 2.00 bits per heavy atom. The molecule has 1 aromatic carbocycles. The van der Waals surface area contributed by atoms with Crippen LogP contribution in [-0.2, 0) is 0 Å². The molecule has 2 heterocycles. The molecular weight excluding hydrogens is 250 g/mol. The zero-order valence-electron chi connectivity index (χ0n) is 11.3. The number of aryl methyl sites for hydroxylation is 1. The molecule has 0 bridgehead atoms. The van der Waals surface area contributed by atoms with Gasteiger partial charge in [0.05, 0.1) is 11.4 Å². The van der Waals surface area contributed by atoms with Crippen LogP contribution in [0.1, 0.15) is 30.0 Å². The summed E-state index contributed by atoms with van der Waals surface area (Å²) in [7, 11) is 0. The Kier molecular flexibility index (Phi) is 2.33. The average Bonchev–Trinajstić information content (AvgIpc) is 3.21. The van der Waals surface area contributed by atoms with Crippen LogP contribution < -0.4 is 5.56 Å². The van der Waals surface area contributed by atoms with Gasteiger partial charge in [-0.1, -0.05) is 18.2 Å². The Balaban J connectivity index is 2.09. The molecule has 4 nitrogen and oxygen atoms in total. The second-order valence-corrected chi connectivity index (χ2v) is 5.45. The molecule has 20 heavy (non-hydrogen) atoms. The van der Waals surface area contributed by atoms with Crippen molar-refractivity contribution in [2.75, 3.05) is 0 Å². The maximum absolute atomic E-state index is 11.8. The number of nitrogens with one attached hydrogen (secondary N) is 1. The highest BCUT2D eigenvalue weighted by Crippen LogP contribution is 2.43. The molecule has 1 aliphatic carbocycles. The molecule has 0 saturated heterocycles. The molecule has 2 aromatic heterocycles. The van der Waals surface area contributed by atoms with Gasteiger partial charge in [0.15, 0.2) is 0 Å². The third-order valence-corrected chi connectivity index (χ3v) is 3.86. The summed E-state index contributed by atoms with van der Waals surface area (Å²) in [4.78, 5) is 14.7. The second kappa shape index (κ2) is 4.07. The predicted molar refractivity (Wildman–Crippen MR) is 78.4 cm³/mol. The van der Waals surface area contributed by atoms with Crippen LogP contribution in [0.4, 0.5) is 0 Å². The van der Waals surface area contributed by atoms with E-state index in [1.807, 2.05) is 41.9 Å². The Morgan fingerprint density at radius 3 is 2.70 bits per heavy atom.